The average Bonchev–Trinajstić information content (AvgIpc) is 2.38. The first-order valence-electron chi connectivity index (χ1n) is 6.39. The van der Waals surface area contributed by atoms with Crippen molar-refractivity contribution in [3.8, 4) is 0 Å². The number of carbonyl (C=O) groups is 1. The molecule has 0 aliphatic carbocycles. The predicted molar refractivity (Wildman–Crippen MR) is 79.0 cm³/mol. The number of amides is 1. The van der Waals surface area contributed by atoms with Crippen LogP contribution in [-0.4, -0.2) is 40.2 Å². The highest BCUT2D eigenvalue weighted by molar-refractivity contribution is 7.84. The maximum absolute atomic E-state index is 12.0. The number of hydrogen-bond donors (Lipinski definition) is 2. The maximum Gasteiger partial charge on any atom is 0.251 e. The Morgan fingerprint density at radius 3 is 2.68 bits per heavy atom. The molecule has 0 spiro atoms. The lowest BCUT2D eigenvalue weighted by molar-refractivity contribution is 0.0956. The number of nitrogens with one attached hydrogen (secondary N) is 2. The molecular formula is C13H21N3O2S. The van der Waals surface area contributed by atoms with E-state index in [1.165, 1.54) is 0 Å². The largest absolute Gasteiger partial charge is 0.370 e. The molecule has 1 unspecified atom stereocenters. The van der Waals surface area contributed by atoms with E-state index in [2.05, 4.69) is 15.6 Å². The van der Waals surface area contributed by atoms with Crippen LogP contribution in [0.25, 0.3) is 0 Å². The number of aryl methyl sites for hydroxylation is 1. The molecule has 2 N–H and O–H groups in total. The number of hydrogen-bond acceptors (Lipinski definition) is 4. The summed E-state index contributed by atoms with van der Waals surface area (Å²) in [7, 11) is -0.891. The number of nitrogens with zero attached hydrogens (tertiary/aromatic N) is 1. The highest BCUT2D eigenvalue weighted by Crippen LogP contribution is 2.11. The molecule has 1 atom stereocenters. The first kappa shape index (κ1) is 15.6. The fourth-order valence-electron chi connectivity index (χ4n) is 1.58. The third kappa shape index (κ3) is 5.38. The molecule has 1 rings (SSSR count). The van der Waals surface area contributed by atoms with Gasteiger partial charge in [0.15, 0.2) is 0 Å². The molecule has 19 heavy (non-hydrogen) atoms. The van der Waals surface area contributed by atoms with Gasteiger partial charge >= 0.3 is 0 Å². The van der Waals surface area contributed by atoms with Crippen LogP contribution in [0.1, 0.15) is 29.9 Å². The third-order valence-electron chi connectivity index (χ3n) is 2.54. The second-order valence-electron chi connectivity index (χ2n) is 4.15. The zero-order valence-corrected chi connectivity index (χ0v) is 12.5. The van der Waals surface area contributed by atoms with Crippen LogP contribution >= 0.6 is 0 Å². The van der Waals surface area contributed by atoms with Crippen LogP contribution in [-0.2, 0) is 17.2 Å². The van der Waals surface area contributed by atoms with Crippen molar-refractivity contribution in [3.63, 3.8) is 0 Å². The van der Waals surface area contributed by atoms with Gasteiger partial charge in [0, 0.05) is 47.2 Å². The minimum atomic E-state index is -0.891. The van der Waals surface area contributed by atoms with Crippen LogP contribution in [0, 0.1) is 0 Å². The molecule has 1 aromatic rings. The molecule has 0 aliphatic heterocycles. The standard InChI is InChI=1S/C13H21N3O2S/c1-4-11-8-10(9-12(16-11)14-5-2)13(17)15-6-7-19(3)18/h8-9H,4-7H2,1-3H3,(H,14,16)(H,15,17). The van der Waals surface area contributed by atoms with Gasteiger partial charge in [-0.3, -0.25) is 9.00 Å². The van der Waals surface area contributed by atoms with Crippen LogP contribution in [0.2, 0.25) is 0 Å². The van der Waals surface area contributed by atoms with Crippen molar-refractivity contribution < 1.29 is 9.00 Å². The molecule has 1 aromatic heterocycles. The fraction of sp³-hybridized carbons (Fsp3) is 0.538. The maximum atomic E-state index is 12.0. The molecule has 0 radical (unpaired) electrons. The van der Waals surface area contributed by atoms with E-state index >= 15 is 0 Å². The highest BCUT2D eigenvalue weighted by atomic mass is 32.2. The van der Waals surface area contributed by atoms with Crippen molar-refractivity contribution in [1.82, 2.24) is 10.3 Å². The van der Waals surface area contributed by atoms with Crippen molar-refractivity contribution in [1.29, 1.82) is 0 Å². The predicted octanol–water partition coefficient (Wildman–Crippen LogP) is 1.18. The van der Waals surface area contributed by atoms with Crippen molar-refractivity contribution in [2.75, 3.05) is 30.4 Å². The van der Waals surface area contributed by atoms with E-state index in [0.717, 1.165) is 18.7 Å². The van der Waals surface area contributed by atoms with Crippen LogP contribution < -0.4 is 10.6 Å². The summed E-state index contributed by atoms with van der Waals surface area (Å²) in [5, 5.41) is 5.88. The summed E-state index contributed by atoms with van der Waals surface area (Å²) in [4.78, 5) is 16.4. The van der Waals surface area contributed by atoms with Crippen molar-refractivity contribution >= 4 is 22.5 Å². The molecule has 1 amide bonds. The fourth-order valence-corrected chi connectivity index (χ4v) is 1.97. The summed E-state index contributed by atoms with van der Waals surface area (Å²) >= 11 is 0. The van der Waals surface area contributed by atoms with Gasteiger partial charge < -0.3 is 10.6 Å². The van der Waals surface area contributed by atoms with Gasteiger partial charge in [-0.1, -0.05) is 6.92 Å². The number of pyridine rings is 1. The topological polar surface area (TPSA) is 71.1 Å². The van der Waals surface area contributed by atoms with Gasteiger partial charge in [0.25, 0.3) is 5.91 Å². The van der Waals surface area contributed by atoms with E-state index < -0.39 is 10.8 Å². The van der Waals surface area contributed by atoms with Gasteiger partial charge in [-0.15, -0.1) is 0 Å². The first-order chi connectivity index (χ1) is 9.06. The van der Waals surface area contributed by atoms with Gasteiger partial charge in [-0.25, -0.2) is 4.98 Å². The summed E-state index contributed by atoms with van der Waals surface area (Å²) in [5.74, 6) is 1.03. The van der Waals surface area contributed by atoms with E-state index in [9.17, 15) is 9.00 Å². The van der Waals surface area contributed by atoms with Crippen molar-refractivity contribution in [2.24, 2.45) is 0 Å². The summed E-state index contributed by atoms with van der Waals surface area (Å²) in [6.45, 7) is 5.16. The van der Waals surface area contributed by atoms with Gasteiger partial charge in [0.05, 0.1) is 0 Å². The number of anilines is 1. The summed E-state index contributed by atoms with van der Waals surface area (Å²) < 4.78 is 10.9. The minimum absolute atomic E-state index is 0.151. The lowest BCUT2D eigenvalue weighted by Gasteiger charge is -2.09. The molecule has 0 aliphatic rings. The minimum Gasteiger partial charge on any atom is -0.370 e. The molecule has 6 heteroatoms. The zero-order chi connectivity index (χ0) is 14.3. The van der Waals surface area contributed by atoms with Gasteiger partial charge in [-0.05, 0) is 25.5 Å². The molecule has 1 heterocycles. The lowest BCUT2D eigenvalue weighted by atomic mass is 10.2. The SMILES string of the molecule is CCNc1cc(C(=O)NCCS(C)=O)cc(CC)n1. The molecule has 0 aromatic carbocycles. The summed E-state index contributed by atoms with van der Waals surface area (Å²) in [6, 6.07) is 3.53. The monoisotopic (exact) mass is 283 g/mol. The second kappa shape index (κ2) is 7.89. The normalized spacial score (nSPS) is 11.9. The zero-order valence-electron chi connectivity index (χ0n) is 11.7. The van der Waals surface area contributed by atoms with Crippen LogP contribution in [0.4, 0.5) is 5.82 Å². The molecule has 0 saturated carbocycles. The Morgan fingerprint density at radius 2 is 2.11 bits per heavy atom. The second-order valence-corrected chi connectivity index (χ2v) is 5.70. The average molecular weight is 283 g/mol. The van der Waals surface area contributed by atoms with E-state index in [4.69, 9.17) is 0 Å². The van der Waals surface area contributed by atoms with Gasteiger partial charge in [0.1, 0.15) is 5.82 Å². The number of rotatable bonds is 7. The molecule has 0 bridgehead atoms. The third-order valence-corrected chi connectivity index (χ3v) is 3.31. The first-order valence-corrected chi connectivity index (χ1v) is 8.12. The van der Waals surface area contributed by atoms with Crippen molar-refractivity contribution in [2.45, 2.75) is 20.3 Å². The van der Waals surface area contributed by atoms with E-state index in [1.54, 1.807) is 18.4 Å². The molecule has 5 nitrogen and oxygen atoms in total. The Balaban J connectivity index is 2.77. The Morgan fingerprint density at radius 1 is 1.37 bits per heavy atom. The molecular weight excluding hydrogens is 262 g/mol. The van der Waals surface area contributed by atoms with E-state index in [-0.39, 0.29) is 5.91 Å². The Labute approximate surface area is 116 Å². The van der Waals surface area contributed by atoms with E-state index in [1.807, 2.05) is 13.8 Å². The highest BCUT2D eigenvalue weighted by Gasteiger charge is 2.09. The van der Waals surface area contributed by atoms with Crippen LogP contribution in [0.15, 0.2) is 12.1 Å². The quantitative estimate of drug-likeness (QED) is 0.788. The van der Waals surface area contributed by atoms with Crippen molar-refractivity contribution in [3.05, 3.63) is 23.4 Å². The lowest BCUT2D eigenvalue weighted by Crippen LogP contribution is -2.27. The molecule has 0 fully saturated rings. The van der Waals surface area contributed by atoms with Gasteiger partial charge in [-0.2, -0.15) is 0 Å². The summed E-state index contributed by atoms with van der Waals surface area (Å²) in [6.07, 6.45) is 2.40. The smallest absolute Gasteiger partial charge is 0.251 e. The van der Waals surface area contributed by atoms with E-state index in [0.29, 0.717) is 23.7 Å². The van der Waals surface area contributed by atoms with Crippen LogP contribution in [0.5, 0.6) is 0 Å². The molecule has 106 valence electrons. The molecule has 0 saturated heterocycles. The van der Waals surface area contributed by atoms with Crippen LogP contribution in [0.3, 0.4) is 0 Å². The Kier molecular flexibility index (Phi) is 6.49. The van der Waals surface area contributed by atoms with Gasteiger partial charge in [0.2, 0.25) is 0 Å². The Bertz CT molecular complexity index is 463. The summed E-state index contributed by atoms with van der Waals surface area (Å²) in [5.41, 5.74) is 1.47. The number of aromatic nitrogens is 1. The number of carbonyl (C=O) groups excluding carboxylic acids is 1. The Hall–Kier alpha value is -1.43.